The van der Waals surface area contributed by atoms with Crippen LogP contribution in [0.2, 0.25) is 0 Å². The molecule has 19 heavy (non-hydrogen) atoms. The summed E-state index contributed by atoms with van der Waals surface area (Å²) in [7, 11) is 0. The molecule has 0 spiro atoms. The third-order valence-electron chi connectivity index (χ3n) is 3.51. The molecule has 1 N–H and O–H groups in total. The number of β-amino-alcohol motifs (C(OH)–C–C–N with tert-alkyl or cyclic N) is 1. The van der Waals surface area contributed by atoms with E-state index in [0.717, 1.165) is 31.6 Å². The normalized spacial score (nSPS) is 19.9. The van der Waals surface area contributed by atoms with Gasteiger partial charge < -0.3 is 14.5 Å². The molecule has 1 aliphatic rings. The van der Waals surface area contributed by atoms with Gasteiger partial charge in [0.05, 0.1) is 12.5 Å². The number of aliphatic hydroxyl groups is 1. The Balaban J connectivity index is 1.72. The first kappa shape index (κ1) is 12.3. The zero-order valence-electron chi connectivity index (χ0n) is 10.7. The SMILES string of the molecule is OCCN1CCC(c2nc(-c3ccccc3)no2)C1. The molecule has 1 aliphatic heterocycles. The highest BCUT2D eigenvalue weighted by Gasteiger charge is 2.28. The van der Waals surface area contributed by atoms with Gasteiger partial charge in [-0.2, -0.15) is 4.98 Å². The summed E-state index contributed by atoms with van der Waals surface area (Å²) in [5.41, 5.74) is 0.975. The highest BCUT2D eigenvalue weighted by atomic mass is 16.5. The largest absolute Gasteiger partial charge is 0.395 e. The van der Waals surface area contributed by atoms with Gasteiger partial charge in [-0.3, -0.25) is 0 Å². The summed E-state index contributed by atoms with van der Waals surface area (Å²) in [6.45, 7) is 2.78. The zero-order chi connectivity index (χ0) is 13.1. The fourth-order valence-electron chi connectivity index (χ4n) is 2.48. The first-order valence-corrected chi connectivity index (χ1v) is 6.59. The smallest absolute Gasteiger partial charge is 0.231 e. The molecule has 5 heteroatoms. The van der Waals surface area contributed by atoms with E-state index in [0.29, 0.717) is 11.7 Å². The summed E-state index contributed by atoms with van der Waals surface area (Å²) in [5, 5.41) is 13.0. The van der Waals surface area contributed by atoms with Crippen molar-refractivity contribution in [3.63, 3.8) is 0 Å². The van der Waals surface area contributed by atoms with E-state index in [9.17, 15) is 0 Å². The van der Waals surface area contributed by atoms with Crippen LogP contribution in [-0.4, -0.2) is 46.4 Å². The Morgan fingerprint density at radius 2 is 2.16 bits per heavy atom. The summed E-state index contributed by atoms with van der Waals surface area (Å²) >= 11 is 0. The molecular weight excluding hydrogens is 242 g/mol. The van der Waals surface area contributed by atoms with Crippen LogP contribution in [0.5, 0.6) is 0 Å². The molecule has 5 nitrogen and oxygen atoms in total. The number of aliphatic hydroxyl groups excluding tert-OH is 1. The molecule has 2 aromatic rings. The highest BCUT2D eigenvalue weighted by molar-refractivity contribution is 5.53. The van der Waals surface area contributed by atoms with Gasteiger partial charge >= 0.3 is 0 Å². The van der Waals surface area contributed by atoms with Crippen molar-refractivity contribution in [1.82, 2.24) is 15.0 Å². The molecule has 0 amide bonds. The van der Waals surface area contributed by atoms with E-state index in [-0.39, 0.29) is 12.5 Å². The number of hydrogen-bond donors (Lipinski definition) is 1. The lowest BCUT2D eigenvalue weighted by Crippen LogP contribution is -2.23. The van der Waals surface area contributed by atoms with Crippen molar-refractivity contribution in [2.45, 2.75) is 12.3 Å². The van der Waals surface area contributed by atoms with Gasteiger partial charge in [0.15, 0.2) is 0 Å². The molecule has 1 aromatic carbocycles. The maximum atomic E-state index is 8.94. The molecule has 1 fully saturated rings. The molecule has 3 rings (SSSR count). The van der Waals surface area contributed by atoms with Crippen molar-refractivity contribution in [2.75, 3.05) is 26.2 Å². The van der Waals surface area contributed by atoms with E-state index in [1.165, 1.54) is 0 Å². The molecule has 1 unspecified atom stereocenters. The van der Waals surface area contributed by atoms with Crippen LogP contribution >= 0.6 is 0 Å². The molecule has 1 saturated heterocycles. The fourth-order valence-corrected chi connectivity index (χ4v) is 2.48. The average Bonchev–Trinajstić information content (AvgIpc) is 3.08. The van der Waals surface area contributed by atoms with Crippen LogP contribution < -0.4 is 0 Å². The van der Waals surface area contributed by atoms with Gasteiger partial charge in [-0.15, -0.1) is 0 Å². The van der Waals surface area contributed by atoms with Crippen molar-refractivity contribution in [3.05, 3.63) is 36.2 Å². The number of nitrogens with zero attached hydrogens (tertiary/aromatic N) is 3. The van der Waals surface area contributed by atoms with Crippen LogP contribution in [0.1, 0.15) is 18.2 Å². The summed E-state index contributed by atoms with van der Waals surface area (Å²) < 4.78 is 5.38. The van der Waals surface area contributed by atoms with Crippen LogP contribution in [0, 0.1) is 0 Å². The minimum Gasteiger partial charge on any atom is -0.395 e. The maximum Gasteiger partial charge on any atom is 0.231 e. The average molecular weight is 259 g/mol. The second-order valence-electron chi connectivity index (χ2n) is 4.83. The Hall–Kier alpha value is -1.72. The van der Waals surface area contributed by atoms with E-state index in [1.54, 1.807) is 0 Å². The third kappa shape index (κ3) is 2.67. The zero-order valence-corrected chi connectivity index (χ0v) is 10.7. The molecule has 2 heterocycles. The van der Waals surface area contributed by atoms with E-state index in [4.69, 9.17) is 9.63 Å². The summed E-state index contributed by atoms with van der Waals surface area (Å²) in [4.78, 5) is 6.71. The molecule has 1 atom stereocenters. The van der Waals surface area contributed by atoms with Crippen molar-refractivity contribution in [1.29, 1.82) is 0 Å². The van der Waals surface area contributed by atoms with Gasteiger partial charge in [0, 0.05) is 18.7 Å². The van der Waals surface area contributed by atoms with Gasteiger partial charge in [-0.1, -0.05) is 35.5 Å². The van der Waals surface area contributed by atoms with Crippen LogP contribution in [-0.2, 0) is 0 Å². The predicted octanol–water partition coefficient (Wildman–Crippen LogP) is 1.52. The van der Waals surface area contributed by atoms with Crippen molar-refractivity contribution < 1.29 is 9.63 Å². The second-order valence-corrected chi connectivity index (χ2v) is 4.83. The summed E-state index contributed by atoms with van der Waals surface area (Å²) in [6, 6.07) is 9.84. The van der Waals surface area contributed by atoms with E-state index >= 15 is 0 Å². The van der Waals surface area contributed by atoms with Crippen LogP contribution in [0.25, 0.3) is 11.4 Å². The lowest BCUT2D eigenvalue weighted by atomic mass is 10.1. The quantitative estimate of drug-likeness (QED) is 0.902. The monoisotopic (exact) mass is 259 g/mol. The number of benzene rings is 1. The number of aromatic nitrogens is 2. The van der Waals surface area contributed by atoms with Gasteiger partial charge in [0.2, 0.25) is 11.7 Å². The van der Waals surface area contributed by atoms with Crippen molar-refractivity contribution >= 4 is 0 Å². The van der Waals surface area contributed by atoms with Crippen LogP contribution in [0.15, 0.2) is 34.9 Å². The molecule has 0 radical (unpaired) electrons. The Bertz CT molecular complexity index is 526. The first-order chi connectivity index (χ1) is 9.36. The van der Waals surface area contributed by atoms with Crippen molar-refractivity contribution in [2.24, 2.45) is 0 Å². The Labute approximate surface area is 111 Å². The van der Waals surface area contributed by atoms with Gasteiger partial charge in [-0.05, 0) is 13.0 Å². The van der Waals surface area contributed by atoms with Gasteiger partial charge in [0.25, 0.3) is 0 Å². The van der Waals surface area contributed by atoms with Crippen LogP contribution in [0.4, 0.5) is 0 Å². The van der Waals surface area contributed by atoms with Gasteiger partial charge in [-0.25, -0.2) is 0 Å². The lowest BCUT2D eigenvalue weighted by Gasteiger charge is -2.12. The Kier molecular flexibility index (Phi) is 3.57. The minimum absolute atomic E-state index is 0.200. The maximum absolute atomic E-state index is 8.94. The first-order valence-electron chi connectivity index (χ1n) is 6.59. The predicted molar refractivity (Wildman–Crippen MR) is 70.6 cm³/mol. The topological polar surface area (TPSA) is 62.4 Å². The standard InChI is InChI=1S/C14H17N3O2/c18-9-8-17-7-6-12(10-17)14-15-13(16-19-14)11-4-2-1-3-5-11/h1-5,12,18H,6-10H2. The van der Waals surface area contributed by atoms with E-state index in [2.05, 4.69) is 15.0 Å². The van der Waals surface area contributed by atoms with E-state index < -0.39 is 0 Å². The van der Waals surface area contributed by atoms with Crippen LogP contribution in [0.3, 0.4) is 0 Å². The molecule has 0 aliphatic carbocycles. The van der Waals surface area contributed by atoms with Crippen molar-refractivity contribution in [3.8, 4) is 11.4 Å². The number of rotatable bonds is 4. The second kappa shape index (κ2) is 5.50. The Morgan fingerprint density at radius 1 is 1.32 bits per heavy atom. The summed E-state index contributed by atoms with van der Waals surface area (Å²) in [5.74, 6) is 1.65. The minimum atomic E-state index is 0.200. The summed E-state index contributed by atoms with van der Waals surface area (Å²) in [6.07, 6.45) is 1.01. The number of likely N-dealkylation sites (tertiary alicyclic amines) is 1. The highest BCUT2D eigenvalue weighted by Crippen LogP contribution is 2.27. The lowest BCUT2D eigenvalue weighted by molar-refractivity contribution is 0.218. The van der Waals surface area contributed by atoms with E-state index in [1.807, 2.05) is 30.3 Å². The molecular formula is C14H17N3O2. The number of hydrogen-bond acceptors (Lipinski definition) is 5. The molecule has 100 valence electrons. The molecule has 1 aromatic heterocycles. The Morgan fingerprint density at radius 3 is 2.95 bits per heavy atom. The third-order valence-corrected chi connectivity index (χ3v) is 3.51. The molecule has 0 saturated carbocycles. The fraction of sp³-hybridized carbons (Fsp3) is 0.429. The van der Waals surface area contributed by atoms with Gasteiger partial charge in [0.1, 0.15) is 0 Å². The molecule has 0 bridgehead atoms.